The Labute approximate surface area is 80.9 Å². The van der Waals surface area contributed by atoms with Gasteiger partial charge in [0.1, 0.15) is 12.3 Å². The summed E-state index contributed by atoms with van der Waals surface area (Å²) in [5.74, 6) is 0.623. The van der Waals surface area contributed by atoms with Gasteiger partial charge in [-0.3, -0.25) is 4.79 Å². The fourth-order valence-electron chi connectivity index (χ4n) is 1.51. The van der Waals surface area contributed by atoms with Crippen LogP contribution in [-0.4, -0.2) is 30.0 Å². The van der Waals surface area contributed by atoms with E-state index in [1.165, 1.54) is 4.68 Å². The van der Waals surface area contributed by atoms with Crippen LogP contribution in [0.15, 0.2) is 4.79 Å². The van der Waals surface area contributed by atoms with Crippen LogP contribution in [0.3, 0.4) is 0 Å². The van der Waals surface area contributed by atoms with E-state index in [0.29, 0.717) is 30.4 Å². The van der Waals surface area contributed by atoms with Crippen LogP contribution in [0, 0.1) is 0 Å². The lowest BCUT2D eigenvalue weighted by Crippen LogP contribution is -2.35. The summed E-state index contributed by atoms with van der Waals surface area (Å²) in [7, 11) is 3.41. The van der Waals surface area contributed by atoms with Crippen LogP contribution in [0.5, 0.6) is 5.75 Å². The third-order valence-corrected chi connectivity index (χ3v) is 2.26. The smallest absolute Gasteiger partial charge is 0.311 e. The van der Waals surface area contributed by atoms with Gasteiger partial charge in [-0.25, -0.2) is 4.68 Å². The molecule has 0 spiro atoms. The van der Waals surface area contributed by atoms with E-state index >= 15 is 0 Å². The first-order chi connectivity index (χ1) is 6.61. The molecule has 76 valence electrons. The number of nitrogen functional groups attached to an aromatic ring is 1. The van der Waals surface area contributed by atoms with Crippen molar-refractivity contribution in [2.45, 2.75) is 0 Å². The maximum atomic E-state index is 11.6. The Morgan fingerprint density at radius 3 is 2.93 bits per heavy atom. The summed E-state index contributed by atoms with van der Waals surface area (Å²) in [6.45, 7) is 1.22. The highest BCUT2D eigenvalue weighted by atomic mass is 16.5. The van der Waals surface area contributed by atoms with Crippen molar-refractivity contribution in [3.8, 4) is 5.75 Å². The van der Waals surface area contributed by atoms with E-state index in [4.69, 9.17) is 10.5 Å². The minimum absolute atomic E-state index is 0.249. The van der Waals surface area contributed by atoms with Crippen molar-refractivity contribution in [3.63, 3.8) is 0 Å². The molecular formula is C8H12N4O2. The third kappa shape index (κ3) is 1.11. The van der Waals surface area contributed by atoms with Crippen LogP contribution in [-0.2, 0) is 7.05 Å². The standard InChI is InChI=1S/C8H12N4O2/c1-11-3-4-14-6-5(11)7(9)10-12(2)8(6)13/h3-4H2,1-2H3,(H2,9,10). The Hall–Kier alpha value is -1.72. The zero-order valence-electron chi connectivity index (χ0n) is 8.15. The predicted octanol–water partition coefficient (Wildman–Crippen LogP) is -0.809. The summed E-state index contributed by atoms with van der Waals surface area (Å²) in [6.07, 6.45) is 0. The summed E-state index contributed by atoms with van der Waals surface area (Å²) in [5.41, 5.74) is 6.06. The van der Waals surface area contributed by atoms with E-state index in [0.717, 1.165) is 0 Å². The van der Waals surface area contributed by atoms with Gasteiger partial charge in [-0.05, 0) is 0 Å². The Balaban J connectivity index is 2.72. The van der Waals surface area contributed by atoms with Crippen LogP contribution in [0.25, 0.3) is 0 Å². The number of fused-ring (bicyclic) bond motifs is 1. The topological polar surface area (TPSA) is 73.4 Å². The molecule has 0 saturated heterocycles. The summed E-state index contributed by atoms with van der Waals surface area (Å²) < 4.78 is 6.48. The van der Waals surface area contributed by atoms with Gasteiger partial charge >= 0.3 is 5.56 Å². The number of anilines is 2. The van der Waals surface area contributed by atoms with E-state index in [-0.39, 0.29) is 5.56 Å². The van der Waals surface area contributed by atoms with Crippen LogP contribution in [0.2, 0.25) is 0 Å². The number of rotatable bonds is 0. The number of nitrogens with two attached hydrogens (primary N) is 1. The lowest BCUT2D eigenvalue weighted by atomic mass is 10.3. The van der Waals surface area contributed by atoms with Gasteiger partial charge in [-0.2, -0.15) is 5.10 Å². The van der Waals surface area contributed by atoms with Crippen molar-refractivity contribution in [2.24, 2.45) is 7.05 Å². The van der Waals surface area contributed by atoms with Crippen molar-refractivity contribution in [1.29, 1.82) is 0 Å². The van der Waals surface area contributed by atoms with Crippen molar-refractivity contribution in [1.82, 2.24) is 9.78 Å². The number of ether oxygens (including phenoxy) is 1. The molecule has 0 fully saturated rings. The molecule has 0 bridgehead atoms. The molecule has 2 rings (SSSR count). The maximum absolute atomic E-state index is 11.6. The Morgan fingerprint density at radius 2 is 2.21 bits per heavy atom. The van der Waals surface area contributed by atoms with Gasteiger partial charge in [0.15, 0.2) is 5.82 Å². The van der Waals surface area contributed by atoms with Gasteiger partial charge in [0, 0.05) is 14.1 Å². The molecule has 0 aliphatic carbocycles. The molecule has 0 atom stereocenters. The van der Waals surface area contributed by atoms with Crippen molar-refractivity contribution in [3.05, 3.63) is 10.4 Å². The fourth-order valence-corrected chi connectivity index (χ4v) is 1.51. The molecule has 0 amide bonds. The maximum Gasteiger partial charge on any atom is 0.311 e. The van der Waals surface area contributed by atoms with Crippen LogP contribution in [0.4, 0.5) is 11.5 Å². The zero-order valence-corrected chi connectivity index (χ0v) is 8.15. The Bertz CT molecular complexity index is 426. The van der Waals surface area contributed by atoms with E-state index in [2.05, 4.69) is 5.10 Å². The summed E-state index contributed by atoms with van der Waals surface area (Å²) in [6, 6.07) is 0. The summed E-state index contributed by atoms with van der Waals surface area (Å²) in [5, 5.41) is 3.90. The van der Waals surface area contributed by atoms with E-state index in [1.807, 2.05) is 11.9 Å². The quantitative estimate of drug-likeness (QED) is 0.587. The number of aryl methyl sites for hydroxylation is 1. The van der Waals surface area contributed by atoms with Gasteiger partial charge in [0.2, 0.25) is 5.75 Å². The average molecular weight is 196 g/mol. The summed E-state index contributed by atoms with van der Waals surface area (Å²) in [4.78, 5) is 13.5. The lowest BCUT2D eigenvalue weighted by Gasteiger charge is -2.27. The molecule has 6 nitrogen and oxygen atoms in total. The van der Waals surface area contributed by atoms with Crippen LogP contribution in [0.1, 0.15) is 0 Å². The monoisotopic (exact) mass is 196 g/mol. The second-order valence-electron chi connectivity index (χ2n) is 3.26. The summed E-state index contributed by atoms with van der Waals surface area (Å²) >= 11 is 0. The SMILES string of the molecule is CN1CCOc2c1c(N)nn(C)c2=O. The number of hydrogen-bond acceptors (Lipinski definition) is 5. The number of hydrogen-bond donors (Lipinski definition) is 1. The highest BCUT2D eigenvalue weighted by molar-refractivity contribution is 5.71. The molecule has 1 aromatic rings. The number of nitrogens with zero attached hydrogens (tertiary/aromatic N) is 3. The zero-order chi connectivity index (χ0) is 10.3. The highest BCUT2D eigenvalue weighted by Crippen LogP contribution is 2.30. The minimum Gasteiger partial charge on any atom is -0.484 e. The number of aromatic nitrogens is 2. The van der Waals surface area contributed by atoms with Crippen LogP contribution < -0.4 is 20.9 Å². The molecular weight excluding hydrogens is 184 g/mol. The van der Waals surface area contributed by atoms with Gasteiger partial charge < -0.3 is 15.4 Å². The molecule has 2 N–H and O–H groups in total. The van der Waals surface area contributed by atoms with Crippen LogP contribution >= 0.6 is 0 Å². The largest absolute Gasteiger partial charge is 0.484 e. The van der Waals surface area contributed by atoms with Gasteiger partial charge in [0.05, 0.1) is 6.54 Å². The second-order valence-corrected chi connectivity index (χ2v) is 3.26. The minimum atomic E-state index is -0.249. The molecule has 14 heavy (non-hydrogen) atoms. The first kappa shape index (κ1) is 8.86. The Morgan fingerprint density at radius 1 is 1.50 bits per heavy atom. The van der Waals surface area contributed by atoms with E-state index in [9.17, 15) is 4.79 Å². The first-order valence-electron chi connectivity index (χ1n) is 4.32. The first-order valence-corrected chi connectivity index (χ1v) is 4.32. The van der Waals surface area contributed by atoms with Crippen molar-refractivity contribution < 1.29 is 4.74 Å². The Kier molecular flexibility index (Phi) is 1.83. The molecule has 0 unspecified atom stereocenters. The normalized spacial score (nSPS) is 14.9. The fraction of sp³-hybridized carbons (Fsp3) is 0.500. The molecule has 6 heteroatoms. The van der Waals surface area contributed by atoms with Gasteiger partial charge in [-0.1, -0.05) is 0 Å². The molecule has 2 heterocycles. The molecule has 1 aliphatic rings. The number of likely N-dealkylation sites (N-methyl/N-ethyl adjacent to an activating group) is 1. The lowest BCUT2D eigenvalue weighted by molar-refractivity contribution is 0.303. The second kappa shape index (κ2) is 2.90. The average Bonchev–Trinajstić information content (AvgIpc) is 2.14. The highest BCUT2D eigenvalue weighted by Gasteiger charge is 2.23. The third-order valence-electron chi connectivity index (χ3n) is 2.26. The molecule has 1 aromatic heterocycles. The van der Waals surface area contributed by atoms with Crippen molar-refractivity contribution in [2.75, 3.05) is 30.8 Å². The molecule has 0 aromatic carbocycles. The van der Waals surface area contributed by atoms with Gasteiger partial charge in [-0.15, -0.1) is 0 Å². The predicted molar refractivity (Wildman–Crippen MR) is 52.7 cm³/mol. The van der Waals surface area contributed by atoms with Gasteiger partial charge in [0.25, 0.3) is 0 Å². The molecule has 1 aliphatic heterocycles. The van der Waals surface area contributed by atoms with E-state index < -0.39 is 0 Å². The van der Waals surface area contributed by atoms with E-state index in [1.54, 1.807) is 7.05 Å². The molecule has 0 radical (unpaired) electrons. The molecule has 0 saturated carbocycles. The van der Waals surface area contributed by atoms with Crippen molar-refractivity contribution >= 4 is 11.5 Å².